The van der Waals surface area contributed by atoms with E-state index in [1.54, 1.807) is 13.0 Å². The maximum absolute atomic E-state index is 11.9. The van der Waals surface area contributed by atoms with Crippen molar-refractivity contribution in [2.45, 2.75) is 25.8 Å². The summed E-state index contributed by atoms with van der Waals surface area (Å²) in [6.45, 7) is 1.74. The molecular weight excluding hydrogens is 245 g/mol. The number of alkyl halides is 3. The van der Waals surface area contributed by atoms with E-state index in [9.17, 15) is 18.3 Å². The number of hydrogen-bond acceptors (Lipinski definition) is 2. The molecule has 0 saturated heterocycles. The SMILES string of the molecule is CCC(O)c1cccc(OC(F)(F)F)c1.Cl. The lowest BCUT2D eigenvalue weighted by Crippen LogP contribution is -2.17. The van der Waals surface area contributed by atoms with E-state index in [-0.39, 0.29) is 18.2 Å². The molecule has 1 atom stereocenters. The van der Waals surface area contributed by atoms with Gasteiger partial charge in [0, 0.05) is 0 Å². The lowest BCUT2D eigenvalue weighted by molar-refractivity contribution is -0.274. The maximum Gasteiger partial charge on any atom is 0.573 e. The number of rotatable bonds is 3. The smallest absolute Gasteiger partial charge is 0.406 e. The molecule has 0 amide bonds. The van der Waals surface area contributed by atoms with E-state index in [0.717, 1.165) is 0 Å². The molecule has 0 aromatic heterocycles. The molecular formula is C10H12ClF3O2. The van der Waals surface area contributed by atoms with Crippen LogP contribution in [-0.2, 0) is 0 Å². The van der Waals surface area contributed by atoms with Crippen LogP contribution in [0.3, 0.4) is 0 Å². The monoisotopic (exact) mass is 256 g/mol. The molecule has 0 heterocycles. The van der Waals surface area contributed by atoms with Crippen LogP contribution in [0.5, 0.6) is 5.75 Å². The van der Waals surface area contributed by atoms with Crippen LogP contribution in [0.2, 0.25) is 0 Å². The molecule has 6 heteroatoms. The van der Waals surface area contributed by atoms with Gasteiger partial charge in [-0.25, -0.2) is 0 Å². The molecule has 1 rings (SSSR count). The predicted octanol–water partition coefficient (Wildman–Crippen LogP) is 3.45. The molecule has 16 heavy (non-hydrogen) atoms. The van der Waals surface area contributed by atoms with Crippen molar-refractivity contribution in [3.63, 3.8) is 0 Å². The Morgan fingerprint density at radius 1 is 1.38 bits per heavy atom. The van der Waals surface area contributed by atoms with Gasteiger partial charge in [0.2, 0.25) is 0 Å². The third kappa shape index (κ3) is 4.72. The highest BCUT2D eigenvalue weighted by Gasteiger charge is 2.31. The van der Waals surface area contributed by atoms with E-state index in [0.29, 0.717) is 12.0 Å². The minimum Gasteiger partial charge on any atom is -0.406 e. The molecule has 0 bridgehead atoms. The fourth-order valence-corrected chi connectivity index (χ4v) is 1.15. The largest absolute Gasteiger partial charge is 0.573 e. The van der Waals surface area contributed by atoms with Crippen LogP contribution in [0.25, 0.3) is 0 Å². The first kappa shape index (κ1) is 15.1. The lowest BCUT2D eigenvalue weighted by atomic mass is 10.1. The topological polar surface area (TPSA) is 29.5 Å². The summed E-state index contributed by atoms with van der Waals surface area (Å²) < 4.78 is 39.3. The molecule has 1 unspecified atom stereocenters. The van der Waals surface area contributed by atoms with Crippen LogP contribution in [0.1, 0.15) is 25.0 Å². The van der Waals surface area contributed by atoms with Gasteiger partial charge in [-0.1, -0.05) is 19.1 Å². The van der Waals surface area contributed by atoms with Crippen LogP contribution in [-0.4, -0.2) is 11.5 Å². The second kappa shape index (κ2) is 5.96. The summed E-state index contributed by atoms with van der Waals surface area (Å²) >= 11 is 0. The normalized spacial score (nSPS) is 12.8. The van der Waals surface area contributed by atoms with Crippen molar-refractivity contribution in [1.82, 2.24) is 0 Å². The zero-order chi connectivity index (χ0) is 11.5. The molecule has 2 nitrogen and oxygen atoms in total. The zero-order valence-corrected chi connectivity index (χ0v) is 9.31. The molecule has 0 radical (unpaired) electrons. The molecule has 0 spiro atoms. The van der Waals surface area contributed by atoms with Crippen molar-refractivity contribution in [1.29, 1.82) is 0 Å². The summed E-state index contributed by atoms with van der Waals surface area (Å²) in [6.07, 6.45) is -5.02. The van der Waals surface area contributed by atoms with Gasteiger partial charge < -0.3 is 9.84 Å². The van der Waals surface area contributed by atoms with Gasteiger partial charge in [-0.15, -0.1) is 25.6 Å². The minimum absolute atomic E-state index is 0. The standard InChI is InChI=1S/C10H11F3O2.ClH/c1-2-9(14)7-4-3-5-8(6-7)15-10(11,12)13;/h3-6,9,14H,2H2,1H3;1H. The molecule has 0 aliphatic heterocycles. The Hall–Kier alpha value is -0.940. The van der Waals surface area contributed by atoms with Gasteiger partial charge >= 0.3 is 6.36 Å². The zero-order valence-electron chi connectivity index (χ0n) is 8.49. The number of benzene rings is 1. The summed E-state index contributed by atoms with van der Waals surface area (Å²) in [5.41, 5.74) is 0.416. The highest BCUT2D eigenvalue weighted by Crippen LogP contribution is 2.26. The predicted molar refractivity (Wildman–Crippen MR) is 55.6 cm³/mol. The Balaban J connectivity index is 0.00000225. The van der Waals surface area contributed by atoms with Gasteiger partial charge in [-0.05, 0) is 24.1 Å². The fourth-order valence-electron chi connectivity index (χ4n) is 1.15. The number of aliphatic hydroxyl groups is 1. The molecule has 92 valence electrons. The Morgan fingerprint density at radius 2 is 2.00 bits per heavy atom. The Labute approximate surface area is 97.4 Å². The first-order valence-corrected chi connectivity index (χ1v) is 4.46. The number of ether oxygens (including phenoxy) is 1. The third-order valence-corrected chi connectivity index (χ3v) is 1.86. The van der Waals surface area contributed by atoms with Gasteiger partial charge in [-0.2, -0.15) is 0 Å². The Kier molecular flexibility index (Phi) is 5.61. The first-order valence-electron chi connectivity index (χ1n) is 4.46. The van der Waals surface area contributed by atoms with Gasteiger partial charge in [0.1, 0.15) is 5.75 Å². The van der Waals surface area contributed by atoms with Crippen molar-refractivity contribution in [3.8, 4) is 5.75 Å². The van der Waals surface area contributed by atoms with Gasteiger partial charge in [0.15, 0.2) is 0 Å². The fraction of sp³-hybridized carbons (Fsp3) is 0.400. The summed E-state index contributed by atoms with van der Waals surface area (Å²) in [7, 11) is 0. The molecule has 1 N–H and O–H groups in total. The van der Waals surface area contributed by atoms with E-state index >= 15 is 0 Å². The lowest BCUT2D eigenvalue weighted by Gasteiger charge is -2.12. The van der Waals surface area contributed by atoms with Crippen LogP contribution in [0.15, 0.2) is 24.3 Å². The highest BCUT2D eigenvalue weighted by molar-refractivity contribution is 5.85. The van der Waals surface area contributed by atoms with Crippen molar-refractivity contribution >= 4 is 12.4 Å². The molecule has 0 fully saturated rings. The van der Waals surface area contributed by atoms with Crippen LogP contribution in [0.4, 0.5) is 13.2 Å². The molecule has 0 saturated carbocycles. The summed E-state index contributed by atoms with van der Waals surface area (Å²) in [5, 5.41) is 9.42. The third-order valence-electron chi connectivity index (χ3n) is 1.86. The maximum atomic E-state index is 11.9. The highest BCUT2D eigenvalue weighted by atomic mass is 35.5. The average Bonchev–Trinajstić information content (AvgIpc) is 2.14. The Morgan fingerprint density at radius 3 is 2.50 bits per heavy atom. The van der Waals surface area contributed by atoms with E-state index in [2.05, 4.69) is 4.74 Å². The number of hydrogen-bond donors (Lipinski definition) is 1. The molecule has 0 aliphatic rings. The summed E-state index contributed by atoms with van der Waals surface area (Å²) in [6, 6.07) is 5.34. The van der Waals surface area contributed by atoms with Crippen molar-refractivity contribution in [2.24, 2.45) is 0 Å². The van der Waals surface area contributed by atoms with E-state index in [4.69, 9.17) is 0 Å². The van der Waals surface area contributed by atoms with Crippen molar-refractivity contribution in [2.75, 3.05) is 0 Å². The van der Waals surface area contributed by atoms with E-state index in [1.807, 2.05) is 0 Å². The van der Waals surface area contributed by atoms with Gasteiger partial charge in [-0.3, -0.25) is 0 Å². The number of halogens is 4. The second-order valence-corrected chi connectivity index (χ2v) is 3.04. The van der Waals surface area contributed by atoms with Crippen LogP contribution >= 0.6 is 12.4 Å². The van der Waals surface area contributed by atoms with Gasteiger partial charge in [0.05, 0.1) is 6.10 Å². The van der Waals surface area contributed by atoms with E-state index in [1.165, 1.54) is 18.2 Å². The quantitative estimate of drug-likeness (QED) is 0.898. The first-order chi connectivity index (χ1) is 6.92. The van der Waals surface area contributed by atoms with Crippen LogP contribution < -0.4 is 4.74 Å². The average molecular weight is 257 g/mol. The van der Waals surface area contributed by atoms with E-state index < -0.39 is 12.5 Å². The molecule has 0 aliphatic carbocycles. The molecule has 1 aromatic rings. The second-order valence-electron chi connectivity index (χ2n) is 3.04. The summed E-state index contributed by atoms with van der Waals surface area (Å²) in [4.78, 5) is 0. The van der Waals surface area contributed by atoms with Gasteiger partial charge in [0.25, 0.3) is 0 Å². The van der Waals surface area contributed by atoms with Crippen molar-refractivity contribution < 1.29 is 23.0 Å². The summed E-state index contributed by atoms with van der Waals surface area (Å²) in [5.74, 6) is -0.312. The van der Waals surface area contributed by atoms with Crippen LogP contribution in [0, 0.1) is 0 Å². The van der Waals surface area contributed by atoms with Crippen molar-refractivity contribution in [3.05, 3.63) is 29.8 Å². The minimum atomic E-state index is -4.70. The number of aliphatic hydroxyl groups excluding tert-OH is 1. The molecule has 1 aromatic carbocycles. The Bertz CT molecular complexity index is 328.